The smallest absolute Gasteiger partial charge is 0.387 e. The quantitative estimate of drug-likeness (QED) is 0.480. The van der Waals surface area contributed by atoms with Gasteiger partial charge in [0.05, 0.1) is 12.2 Å². The largest absolute Gasteiger partial charge is 0.433 e. The van der Waals surface area contributed by atoms with Gasteiger partial charge >= 0.3 is 6.61 Å². The molecule has 0 aliphatic carbocycles. The third-order valence-corrected chi connectivity index (χ3v) is 4.35. The highest BCUT2D eigenvalue weighted by molar-refractivity contribution is 6.04. The van der Waals surface area contributed by atoms with Crippen LogP contribution in [0.25, 0.3) is 0 Å². The lowest BCUT2D eigenvalue weighted by Crippen LogP contribution is -2.22. The molecule has 3 N–H and O–H groups in total. The highest BCUT2D eigenvalue weighted by Gasteiger charge is 2.12. The minimum atomic E-state index is -2.99. The summed E-state index contributed by atoms with van der Waals surface area (Å²) in [5.74, 6) is -0.806. The minimum Gasteiger partial charge on any atom is -0.433 e. The number of hydrogen-bond acceptors (Lipinski definition) is 4. The first kappa shape index (κ1) is 21.8. The van der Waals surface area contributed by atoms with Gasteiger partial charge in [-0.05, 0) is 48.9 Å². The number of halogens is 2. The molecule has 0 bridgehead atoms. The Bertz CT molecular complexity index is 1060. The van der Waals surface area contributed by atoms with Crippen LogP contribution in [-0.4, -0.2) is 25.0 Å². The molecule has 0 aromatic heterocycles. The summed E-state index contributed by atoms with van der Waals surface area (Å²) in [7, 11) is 0. The molecule has 2 amide bonds. The Morgan fingerprint density at radius 2 is 1.61 bits per heavy atom. The van der Waals surface area contributed by atoms with Crippen molar-refractivity contribution in [1.29, 1.82) is 0 Å². The van der Waals surface area contributed by atoms with Crippen molar-refractivity contribution in [2.24, 2.45) is 0 Å². The molecule has 0 saturated heterocycles. The maximum Gasteiger partial charge on any atom is 0.387 e. The van der Waals surface area contributed by atoms with E-state index in [2.05, 4.69) is 20.7 Å². The summed E-state index contributed by atoms with van der Waals surface area (Å²) in [5, 5.41) is 8.35. The molecule has 0 saturated carbocycles. The zero-order chi connectivity index (χ0) is 22.2. The predicted octanol–water partition coefficient (Wildman–Crippen LogP) is 4.90. The second-order valence-corrected chi connectivity index (χ2v) is 6.63. The third-order valence-electron chi connectivity index (χ3n) is 4.35. The van der Waals surface area contributed by atoms with Crippen molar-refractivity contribution in [2.45, 2.75) is 13.5 Å². The fourth-order valence-corrected chi connectivity index (χ4v) is 2.82. The van der Waals surface area contributed by atoms with Crippen LogP contribution in [0.5, 0.6) is 5.75 Å². The molecular weight excluding hydrogens is 404 g/mol. The van der Waals surface area contributed by atoms with Gasteiger partial charge in [-0.25, -0.2) is 0 Å². The average Bonchev–Trinajstić information content (AvgIpc) is 2.75. The van der Waals surface area contributed by atoms with Crippen molar-refractivity contribution in [3.8, 4) is 5.75 Å². The second kappa shape index (κ2) is 10.2. The number of nitrogens with one attached hydrogen (secondary N) is 3. The van der Waals surface area contributed by atoms with E-state index in [1.54, 1.807) is 42.5 Å². The molecule has 6 nitrogen and oxygen atoms in total. The van der Waals surface area contributed by atoms with Crippen molar-refractivity contribution in [3.05, 3.63) is 83.9 Å². The summed E-state index contributed by atoms with van der Waals surface area (Å²) in [6.45, 7) is -1.25. The molecule has 3 rings (SSSR count). The van der Waals surface area contributed by atoms with E-state index < -0.39 is 12.5 Å². The number of anilines is 3. The van der Waals surface area contributed by atoms with E-state index >= 15 is 0 Å². The number of carbonyl (C=O) groups excluding carboxylic acids is 2. The molecule has 0 aliphatic heterocycles. The maximum atomic E-state index is 12.5. The molecule has 0 spiro atoms. The molecule has 3 aromatic rings. The van der Waals surface area contributed by atoms with E-state index in [-0.39, 0.29) is 23.9 Å². The molecule has 3 aromatic carbocycles. The Labute approximate surface area is 178 Å². The first-order valence-electron chi connectivity index (χ1n) is 9.47. The molecule has 31 heavy (non-hydrogen) atoms. The lowest BCUT2D eigenvalue weighted by molar-refractivity contribution is -0.114. The van der Waals surface area contributed by atoms with Crippen molar-refractivity contribution in [1.82, 2.24) is 0 Å². The van der Waals surface area contributed by atoms with Crippen LogP contribution in [-0.2, 0) is 4.79 Å². The van der Waals surface area contributed by atoms with E-state index in [0.717, 1.165) is 5.56 Å². The highest BCUT2D eigenvalue weighted by Crippen LogP contribution is 2.25. The summed E-state index contributed by atoms with van der Waals surface area (Å²) in [6.07, 6.45) is 0. The van der Waals surface area contributed by atoms with Crippen LogP contribution in [0, 0.1) is 6.92 Å². The molecule has 160 valence electrons. The molecule has 0 aliphatic rings. The predicted molar refractivity (Wildman–Crippen MR) is 116 cm³/mol. The standard InChI is InChI=1S/C23H21F2N3O3/c1-15-11-12-17(27-22(30)16-7-3-2-4-8-16)13-19(15)26-14-21(29)28-18-9-5-6-10-20(18)31-23(24)25/h2-13,23,26H,14H2,1H3,(H,27,30)(H,28,29). The number of alkyl halides is 2. The van der Waals surface area contributed by atoms with E-state index in [1.165, 1.54) is 18.2 Å². The van der Waals surface area contributed by atoms with Crippen molar-refractivity contribution >= 4 is 28.9 Å². The normalized spacial score (nSPS) is 10.5. The summed E-state index contributed by atoms with van der Waals surface area (Å²) >= 11 is 0. The van der Waals surface area contributed by atoms with Crippen molar-refractivity contribution in [3.63, 3.8) is 0 Å². The van der Waals surface area contributed by atoms with E-state index in [4.69, 9.17) is 0 Å². The number of aryl methyl sites for hydroxylation is 1. The monoisotopic (exact) mass is 425 g/mol. The molecule has 0 unspecified atom stereocenters. The number of para-hydroxylation sites is 2. The van der Waals surface area contributed by atoms with Crippen LogP contribution < -0.4 is 20.7 Å². The number of amides is 2. The van der Waals surface area contributed by atoms with Gasteiger partial charge in [0.2, 0.25) is 5.91 Å². The Hall–Kier alpha value is -3.94. The van der Waals surface area contributed by atoms with Crippen LogP contribution in [0.3, 0.4) is 0 Å². The average molecular weight is 425 g/mol. The lowest BCUT2D eigenvalue weighted by atomic mass is 10.1. The third kappa shape index (κ3) is 6.27. The van der Waals surface area contributed by atoms with Crippen LogP contribution in [0.1, 0.15) is 15.9 Å². The Morgan fingerprint density at radius 1 is 0.903 bits per heavy atom. The summed E-state index contributed by atoms with van der Waals surface area (Å²) in [5.41, 5.74) is 2.76. The lowest BCUT2D eigenvalue weighted by Gasteiger charge is -2.14. The van der Waals surface area contributed by atoms with Crippen LogP contribution in [0.15, 0.2) is 72.8 Å². The topological polar surface area (TPSA) is 79.5 Å². The number of benzene rings is 3. The first-order valence-corrected chi connectivity index (χ1v) is 9.47. The van der Waals surface area contributed by atoms with Gasteiger partial charge in [0, 0.05) is 16.9 Å². The van der Waals surface area contributed by atoms with Gasteiger partial charge in [0.15, 0.2) is 0 Å². The Balaban J connectivity index is 1.62. The van der Waals surface area contributed by atoms with Crippen LogP contribution >= 0.6 is 0 Å². The SMILES string of the molecule is Cc1ccc(NC(=O)c2ccccc2)cc1NCC(=O)Nc1ccccc1OC(F)F. The summed E-state index contributed by atoms with van der Waals surface area (Å²) in [6, 6.07) is 20.1. The van der Waals surface area contributed by atoms with Gasteiger partial charge in [-0.3, -0.25) is 9.59 Å². The highest BCUT2D eigenvalue weighted by atomic mass is 19.3. The number of carbonyl (C=O) groups is 2. The maximum absolute atomic E-state index is 12.5. The van der Waals surface area contributed by atoms with E-state index in [1.807, 2.05) is 19.1 Å². The van der Waals surface area contributed by atoms with Gasteiger partial charge in [-0.15, -0.1) is 0 Å². The fraction of sp³-hybridized carbons (Fsp3) is 0.130. The fourth-order valence-electron chi connectivity index (χ4n) is 2.82. The molecule has 0 fully saturated rings. The number of rotatable bonds is 8. The summed E-state index contributed by atoms with van der Waals surface area (Å²) < 4.78 is 29.4. The van der Waals surface area contributed by atoms with Gasteiger partial charge in [0.25, 0.3) is 5.91 Å². The molecule has 0 atom stereocenters. The zero-order valence-electron chi connectivity index (χ0n) is 16.7. The van der Waals surface area contributed by atoms with Gasteiger partial charge < -0.3 is 20.7 Å². The van der Waals surface area contributed by atoms with Crippen LogP contribution in [0.2, 0.25) is 0 Å². The van der Waals surface area contributed by atoms with Gasteiger partial charge in [-0.2, -0.15) is 8.78 Å². The Morgan fingerprint density at radius 3 is 2.35 bits per heavy atom. The Kier molecular flexibility index (Phi) is 7.16. The number of ether oxygens (including phenoxy) is 1. The van der Waals surface area contributed by atoms with Crippen molar-refractivity contribution < 1.29 is 23.1 Å². The molecular formula is C23H21F2N3O3. The molecule has 0 radical (unpaired) electrons. The minimum absolute atomic E-state index is 0.111. The van der Waals surface area contributed by atoms with Crippen LogP contribution in [0.4, 0.5) is 25.8 Å². The van der Waals surface area contributed by atoms with Gasteiger partial charge in [0.1, 0.15) is 5.75 Å². The van der Waals surface area contributed by atoms with Gasteiger partial charge in [-0.1, -0.05) is 36.4 Å². The summed E-state index contributed by atoms with van der Waals surface area (Å²) in [4.78, 5) is 24.6. The first-order chi connectivity index (χ1) is 14.9. The number of hydrogen-bond donors (Lipinski definition) is 3. The van der Waals surface area contributed by atoms with Crippen molar-refractivity contribution in [2.75, 3.05) is 22.5 Å². The molecule has 0 heterocycles. The zero-order valence-corrected chi connectivity index (χ0v) is 16.7. The van der Waals surface area contributed by atoms with E-state index in [9.17, 15) is 18.4 Å². The molecule has 8 heteroatoms. The second-order valence-electron chi connectivity index (χ2n) is 6.63. The van der Waals surface area contributed by atoms with E-state index in [0.29, 0.717) is 16.9 Å².